The molecule has 1 aliphatic heterocycles. The molecule has 4 fully saturated rings. The zero-order valence-corrected chi connectivity index (χ0v) is 18.6. The van der Waals surface area contributed by atoms with Crippen molar-refractivity contribution in [1.82, 2.24) is 0 Å². The lowest BCUT2D eigenvalue weighted by Crippen LogP contribution is -2.49. The lowest BCUT2D eigenvalue weighted by Gasteiger charge is -2.40. The number of hydrogen-bond acceptors (Lipinski definition) is 9. The molecule has 3 aliphatic carbocycles. The maximum atomic E-state index is 13.5. The maximum Gasteiger partial charge on any atom is 0.405 e. The molecular weight excluding hydrogens is 470 g/mol. The Morgan fingerprint density at radius 3 is 2.42 bits per heavy atom. The van der Waals surface area contributed by atoms with E-state index in [1.165, 1.54) is 0 Å². The van der Waals surface area contributed by atoms with Crippen LogP contribution in [0.3, 0.4) is 0 Å². The highest BCUT2D eigenvalue weighted by Gasteiger charge is 2.71. The zero-order valence-electron chi connectivity index (χ0n) is 17.8. The molecule has 33 heavy (non-hydrogen) atoms. The van der Waals surface area contributed by atoms with Crippen molar-refractivity contribution in [3.05, 3.63) is 0 Å². The molecule has 0 amide bonds. The third-order valence-electron chi connectivity index (χ3n) is 7.56. The van der Waals surface area contributed by atoms with Crippen molar-refractivity contribution < 1.29 is 55.5 Å². The van der Waals surface area contributed by atoms with Crippen LogP contribution in [0, 0.1) is 23.7 Å². The van der Waals surface area contributed by atoms with Crippen molar-refractivity contribution in [2.45, 2.75) is 81.0 Å². The molecule has 7 unspecified atom stereocenters. The largest absolute Gasteiger partial charge is 0.458 e. The summed E-state index contributed by atoms with van der Waals surface area (Å²) < 4.78 is 72.3. The quantitative estimate of drug-likeness (QED) is 0.285. The number of alkyl halides is 2. The fraction of sp³-hybridized carbons (Fsp3) is 0.850. The van der Waals surface area contributed by atoms with Gasteiger partial charge in [-0.3, -0.25) is 18.9 Å². The van der Waals surface area contributed by atoms with E-state index in [0.717, 1.165) is 12.8 Å². The van der Waals surface area contributed by atoms with Crippen LogP contribution < -0.4 is 0 Å². The van der Waals surface area contributed by atoms with Gasteiger partial charge in [0.05, 0.1) is 24.4 Å². The van der Waals surface area contributed by atoms with Crippen LogP contribution in [0.4, 0.5) is 8.78 Å². The molecule has 2 bridgehead atoms. The van der Waals surface area contributed by atoms with Gasteiger partial charge in [-0.2, -0.15) is 17.2 Å². The third kappa shape index (κ3) is 4.01. The van der Waals surface area contributed by atoms with Crippen LogP contribution in [0.2, 0.25) is 0 Å². The van der Waals surface area contributed by atoms with E-state index in [1.807, 2.05) is 0 Å². The topological polar surface area (TPSA) is 154 Å². The molecule has 2 N–H and O–H groups in total. The second-order valence-electron chi connectivity index (χ2n) is 9.45. The predicted octanol–water partition coefficient (Wildman–Crippen LogP) is 1.20. The van der Waals surface area contributed by atoms with E-state index in [0.29, 0.717) is 26.2 Å². The number of fused-ring (bicyclic) bond motifs is 1. The van der Waals surface area contributed by atoms with Gasteiger partial charge >= 0.3 is 33.3 Å². The Morgan fingerprint density at radius 2 is 1.82 bits per heavy atom. The first-order valence-electron chi connectivity index (χ1n) is 10.9. The molecule has 1 heterocycles. The van der Waals surface area contributed by atoms with Crippen molar-refractivity contribution >= 4 is 28.0 Å². The van der Waals surface area contributed by atoms with Gasteiger partial charge in [-0.05, 0) is 26.2 Å². The predicted molar refractivity (Wildman–Crippen MR) is 103 cm³/mol. The standard InChI is InChI=1S/C20H26F2O10S/c1-9(20(21,22)33(27,28)29)30-12(23)4-5-13(24)31-17-11-8-10-14(18(25)32-16(10)17)15(11)19(26)6-2-3-7-19/h9-11,14-17,26H,2-8H2,1H3,(H,27,28,29). The molecule has 1 saturated heterocycles. The minimum atomic E-state index is -5.79. The highest BCUT2D eigenvalue weighted by atomic mass is 32.2. The van der Waals surface area contributed by atoms with Gasteiger partial charge in [-0.25, -0.2) is 0 Å². The molecule has 0 aromatic rings. The Morgan fingerprint density at radius 1 is 1.21 bits per heavy atom. The zero-order chi connectivity index (χ0) is 24.3. The number of hydrogen-bond donors (Lipinski definition) is 2. The normalized spacial score (nSPS) is 35.4. The Bertz CT molecular complexity index is 944. The van der Waals surface area contributed by atoms with Crippen molar-refractivity contribution in [1.29, 1.82) is 0 Å². The maximum absolute atomic E-state index is 13.5. The first kappa shape index (κ1) is 24.3. The van der Waals surface area contributed by atoms with Gasteiger partial charge in [0, 0.05) is 17.8 Å². The summed E-state index contributed by atoms with van der Waals surface area (Å²) >= 11 is 0. The minimum absolute atomic E-state index is 0.150. The number of rotatable bonds is 8. The number of carbonyl (C=O) groups excluding carboxylic acids is 3. The van der Waals surface area contributed by atoms with Gasteiger partial charge in [0.2, 0.25) is 0 Å². The summed E-state index contributed by atoms with van der Waals surface area (Å²) in [7, 11) is -5.79. The molecule has 4 aliphatic rings. The Kier molecular flexibility index (Phi) is 5.97. The summed E-state index contributed by atoms with van der Waals surface area (Å²) in [5.41, 5.74) is -1.01. The van der Waals surface area contributed by atoms with E-state index >= 15 is 0 Å². The first-order valence-corrected chi connectivity index (χ1v) is 12.4. The lowest BCUT2D eigenvalue weighted by atomic mass is 9.68. The van der Waals surface area contributed by atoms with Gasteiger partial charge in [0.1, 0.15) is 12.2 Å². The lowest BCUT2D eigenvalue weighted by molar-refractivity contribution is -0.168. The van der Waals surface area contributed by atoms with Gasteiger partial charge in [-0.1, -0.05) is 12.8 Å². The fourth-order valence-electron chi connectivity index (χ4n) is 6.15. The van der Waals surface area contributed by atoms with Crippen LogP contribution in [0.25, 0.3) is 0 Å². The molecule has 13 heteroatoms. The van der Waals surface area contributed by atoms with Crippen LogP contribution >= 0.6 is 0 Å². The van der Waals surface area contributed by atoms with E-state index in [2.05, 4.69) is 4.74 Å². The Balaban J connectivity index is 1.35. The monoisotopic (exact) mass is 496 g/mol. The summed E-state index contributed by atoms with van der Waals surface area (Å²) in [6, 6.07) is 0. The average molecular weight is 496 g/mol. The van der Waals surface area contributed by atoms with E-state index in [4.69, 9.17) is 14.0 Å². The van der Waals surface area contributed by atoms with Crippen LogP contribution in [0.1, 0.15) is 51.9 Å². The second kappa shape index (κ2) is 8.12. The molecule has 10 nitrogen and oxygen atoms in total. The SMILES string of the molecule is CC(OC(=O)CCC(=O)OC1C2CC3C1OC(=O)C3C2C1(O)CCCC1)C(F)(F)S(=O)(=O)O. The third-order valence-corrected chi connectivity index (χ3v) is 8.58. The summed E-state index contributed by atoms with van der Waals surface area (Å²) in [5.74, 6) is -3.71. The Labute approximate surface area is 188 Å². The minimum Gasteiger partial charge on any atom is -0.458 e. The van der Waals surface area contributed by atoms with Crippen LogP contribution in [-0.2, 0) is 38.7 Å². The molecule has 0 radical (unpaired) electrons. The van der Waals surface area contributed by atoms with Crippen LogP contribution in [-0.4, -0.2) is 65.2 Å². The number of ether oxygens (including phenoxy) is 3. The van der Waals surface area contributed by atoms with Crippen molar-refractivity contribution in [3.63, 3.8) is 0 Å². The molecule has 0 aromatic heterocycles. The van der Waals surface area contributed by atoms with Crippen LogP contribution in [0.5, 0.6) is 0 Å². The summed E-state index contributed by atoms with van der Waals surface area (Å²) in [5, 5.41) is 6.45. The average Bonchev–Trinajstić information content (AvgIpc) is 3.43. The van der Waals surface area contributed by atoms with Crippen molar-refractivity contribution in [2.24, 2.45) is 23.7 Å². The van der Waals surface area contributed by atoms with E-state index < -0.39 is 76.0 Å². The summed E-state index contributed by atoms with van der Waals surface area (Å²) in [4.78, 5) is 36.6. The van der Waals surface area contributed by atoms with Gasteiger partial charge in [0.25, 0.3) is 0 Å². The number of aliphatic hydroxyl groups is 1. The number of esters is 3. The summed E-state index contributed by atoms with van der Waals surface area (Å²) in [6.45, 7) is 0.595. The fourth-order valence-corrected chi connectivity index (χ4v) is 6.62. The highest BCUT2D eigenvalue weighted by molar-refractivity contribution is 7.86. The van der Waals surface area contributed by atoms with E-state index in [-0.39, 0.29) is 17.8 Å². The molecule has 3 saturated carbocycles. The Hall–Kier alpha value is -1.86. The van der Waals surface area contributed by atoms with Crippen LogP contribution in [0.15, 0.2) is 0 Å². The second-order valence-corrected chi connectivity index (χ2v) is 10.9. The molecule has 186 valence electrons. The summed E-state index contributed by atoms with van der Waals surface area (Å²) in [6.07, 6.45) is -1.64. The number of carbonyl (C=O) groups is 3. The van der Waals surface area contributed by atoms with Gasteiger partial charge in [0.15, 0.2) is 6.10 Å². The van der Waals surface area contributed by atoms with Gasteiger partial charge in [-0.15, -0.1) is 0 Å². The smallest absolute Gasteiger partial charge is 0.405 e. The van der Waals surface area contributed by atoms with E-state index in [1.54, 1.807) is 0 Å². The first-order chi connectivity index (χ1) is 15.3. The molecule has 0 spiro atoms. The molecule has 7 atom stereocenters. The highest BCUT2D eigenvalue weighted by Crippen LogP contribution is 2.63. The molecular formula is C20H26F2O10S. The van der Waals surface area contributed by atoms with E-state index in [9.17, 15) is 36.7 Å². The van der Waals surface area contributed by atoms with Crippen molar-refractivity contribution in [2.75, 3.05) is 0 Å². The molecule has 0 aromatic carbocycles. The number of halogens is 2. The van der Waals surface area contributed by atoms with Crippen molar-refractivity contribution in [3.8, 4) is 0 Å². The molecule has 4 rings (SSSR count). The van der Waals surface area contributed by atoms with Gasteiger partial charge < -0.3 is 19.3 Å².